The van der Waals surface area contributed by atoms with Gasteiger partial charge in [0.1, 0.15) is 12.2 Å². The van der Waals surface area contributed by atoms with E-state index in [1.807, 2.05) is 19.9 Å². The normalized spacial score (nSPS) is 15.1. The minimum absolute atomic E-state index is 0.0571. The Morgan fingerprint density at radius 3 is 2.62 bits per heavy atom. The predicted octanol–water partition coefficient (Wildman–Crippen LogP) is 3.82. The first-order chi connectivity index (χ1) is 13.9. The standard InChI is InChI=1S/C23H21NO5/c1-5-8-28-16-7-6-14(11-18(16)27-4)20-19-21(25)15-9-12(2)13(3)10-17(15)29-22(19)23(26)24-20/h5-7,9-11,20H,1,8H2,2-4H3,(H,24,26). The first kappa shape index (κ1) is 18.8. The molecule has 0 saturated heterocycles. The zero-order valence-electron chi connectivity index (χ0n) is 16.5. The Hall–Kier alpha value is -3.54. The summed E-state index contributed by atoms with van der Waals surface area (Å²) in [5.41, 5.74) is 3.21. The number of benzene rings is 2. The van der Waals surface area contributed by atoms with Crippen LogP contribution in [0.5, 0.6) is 11.5 Å². The minimum atomic E-state index is -0.623. The monoisotopic (exact) mass is 391 g/mol. The van der Waals surface area contributed by atoms with Crippen LogP contribution in [0.2, 0.25) is 0 Å². The zero-order chi connectivity index (χ0) is 20.7. The van der Waals surface area contributed by atoms with Crippen LogP contribution < -0.4 is 20.2 Å². The summed E-state index contributed by atoms with van der Waals surface area (Å²) < 4.78 is 16.8. The fourth-order valence-corrected chi connectivity index (χ4v) is 3.55. The third-order valence-corrected chi connectivity index (χ3v) is 5.19. The molecule has 1 aromatic heterocycles. The Morgan fingerprint density at radius 1 is 1.14 bits per heavy atom. The third kappa shape index (κ3) is 3.06. The van der Waals surface area contributed by atoms with Gasteiger partial charge < -0.3 is 19.2 Å². The summed E-state index contributed by atoms with van der Waals surface area (Å²) in [5, 5.41) is 3.31. The van der Waals surface area contributed by atoms with Crippen molar-refractivity contribution >= 4 is 16.9 Å². The average molecular weight is 391 g/mol. The molecule has 1 amide bonds. The number of nitrogens with one attached hydrogen (secondary N) is 1. The smallest absolute Gasteiger partial charge is 0.288 e. The van der Waals surface area contributed by atoms with Crippen LogP contribution in [-0.2, 0) is 0 Å². The van der Waals surface area contributed by atoms with E-state index in [0.717, 1.165) is 11.1 Å². The molecule has 0 spiro atoms. The maximum absolute atomic E-state index is 13.3. The summed E-state index contributed by atoms with van der Waals surface area (Å²) in [6, 6.07) is 8.28. The van der Waals surface area contributed by atoms with Crippen LogP contribution in [-0.4, -0.2) is 19.6 Å². The lowest BCUT2D eigenvalue weighted by atomic mass is 9.98. The Kier molecular flexibility index (Phi) is 4.62. The van der Waals surface area contributed by atoms with Gasteiger partial charge in [0.2, 0.25) is 5.76 Å². The molecule has 1 aliphatic rings. The van der Waals surface area contributed by atoms with E-state index in [0.29, 0.717) is 40.2 Å². The van der Waals surface area contributed by atoms with Crippen molar-refractivity contribution in [3.05, 3.63) is 81.2 Å². The third-order valence-electron chi connectivity index (χ3n) is 5.19. The van der Waals surface area contributed by atoms with Gasteiger partial charge in [0, 0.05) is 0 Å². The van der Waals surface area contributed by atoms with Gasteiger partial charge in [-0.05, 0) is 54.8 Å². The average Bonchev–Trinajstić information content (AvgIpc) is 3.04. The van der Waals surface area contributed by atoms with Gasteiger partial charge in [-0.25, -0.2) is 0 Å². The quantitative estimate of drug-likeness (QED) is 0.669. The summed E-state index contributed by atoms with van der Waals surface area (Å²) in [6.07, 6.45) is 1.64. The molecular weight excluding hydrogens is 370 g/mol. The maximum atomic E-state index is 13.3. The molecule has 0 bridgehead atoms. The van der Waals surface area contributed by atoms with Crippen LogP contribution in [0.15, 0.2) is 52.2 Å². The molecule has 0 radical (unpaired) electrons. The van der Waals surface area contributed by atoms with E-state index in [1.54, 1.807) is 30.3 Å². The van der Waals surface area contributed by atoms with Gasteiger partial charge in [-0.1, -0.05) is 18.7 Å². The zero-order valence-corrected chi connectivity index (χ0v) is 16.5. The lowest BCUT2D eigenvalue weighted by Gasteiger charge is -2.15. The van der Waals surface area contributed by atoms with Crippen LogP contribution in [0.1, 0.15) is 38.9 Å². The number of rotatable bonds is 5. The molecule has 6 heteroatoms. The number of fused-ring (bicyclic) bond motifs is 2. The molecule has 4 rings (SSSR count). The molecule has 1 aliphatic heterocycles. The highest BCUT2D eigenvalue weighted by Gasteiger charge is 2.36. The molecule has 148 valence electrons. The van der Waals surface area contributed by atoms with E-state index in [2.05, 4.69) is 11.9 Å². The van der Waals surface area contributed by atoms with E-state index in [1.165, 1.54) is 7.11 Å². The van der Waals surface area contributed by atoms with Crippen molar-refractivity contribution in [2.75, 3.05) is 13.7 Å². The first-order valence-corrected chi connectivity index (χ1v) is 9.25. The molecule has 0 saturated carbocycles. The molecular formula is C23H21NO5. The van der Waals surface area contributed by atoms with Crippen LogP contribution in [0, 0.1) is 13.8 Å². The lowest BCUT2D eigenvalue weighted by Crippen LogP contribution is -2.22. The van der Waals surface area contributed by atoms with Gasteiger partial charge >= 0.3 is 0 Å². The van der Waals surface area contributed by atoms with Crippen molar-refractivity contribution in [2.45, 2.75) is 19.9 Å². The molecule has 3 aromatic rings. The van der Waals surface area contributed by atoms with Crippen LogP contribution in [0.4, 0.5) is 0 Å². The van der Waals surface area contributed by atoms with Gasteiger partial charge in [-0.2, -0.15) is 0 Å². The largest absolute Gasteiger partial charge is 0.493 e. The van der Waals surface area contributed by atoms with Crippen molar-refractivity contribution in [3.63, 3.8) is 0 Å². The van der Waals surface area contributed by atoms with E-state index in [9.17, 15) is 9.59 Å². The fourth-order valence-electron chi connectivity index (χ4n) is 3.55. The second kappa shape index (κ2) is 7.13. The number of methoxy groups -OCH3 is 1. The number of amides is 1. The summed E-state index contributed by atoms with van der Waals surface area (Å²) in [5.74, 6) is 0.705. The van der Waals surface area contributed by atoms with Crippen LogP contribution in [0.3, 0.4) is 0 Å². The van der Waals surface area contributed by atoms with Gasteiger partial charge in [0.05, 0.1) is 24.1 Å². The van der Waals surface area contributed by atoms with Crippen LogP contribution >= 0.6 is 0 Å². The van der Waals surface area contributed by atoms with Gasteiger partial charge in [0.15, 0.2) is 16.9 Å². The number of aryl methyl sites for hydroxylation is 2. The molecule has 29 heavy (non-hydrogen) atoms. The number of hydrogen-bond acceptors (Lipinski definition) is 5. The summed E-state index contributed by atoms with van der Waals surface area (Å²) in [6.45, 7) is 7.85. The summed E-state index contributed by atoms with van der Waals surface area (Å²) >= 11 is 0. The lowest BCUT2D eigenvalue weighted by molar-refractivity contribution is 0.0938. The number of ether oxygens (including phenoxy) is 2. The Bertz CT molecular complexity index is 1210. The van der Waals surface area contributed by atoms with Crippen molar-refractivity contribution in [3.8, 4) is 11.5 Å². The van der Waals surface area contributed by atoms with Crippen molar-refractivity contribution in [2.24, 2.45) is 0 Å². The van der Waals surface area contributed by atoms with E-state index < -0.39 is 11.9 Å². The Balaban J connectivity index is 1.86. The molecule has 1 N–H and O–H groups in total. The van der Waals surface area contributed by atoms with Crippen molar-refractivity contribution in [1.29, 1.82) is 0 Å². The van der Waals surface area contributed by atoms with Crippen LogP contribution in [0.25, 0.3) is 11.0 Å². The Labute approximate surface area is 167 Å². The molecule has 0 aliphatic carbocycles. The highest BCUT2D eigenvalue weighted by molar-refractivity contribution is 5.99. The molecule has 1 atom stereocenters. The van der Waals surface area contributed by atoms with E-state index in [-0.39, 0.29) is 11.2 Å². The maximum Gasteiger partial charge on any atom is 0.288 e. The SMILES string of the molecule is C=CCOc1ccc(C2NC(=O)c3oc4cc(C)c(C)cc4c(=O)c32)cc1OC. The fraction of sp³-hybridized carbons (Fsp3) is 0.217. The summed E-state index contributed by atoms with van der Waals surface area (Å²) in [4.78, 5) is 25.8. The van der Waals surface area contributed by atoms with Crippen molar-refractivity contribution in [1.82, 2.24) is 5.32 Å². The minimum Gasteiger partial charge on any atom is -0.493 e. The molecule has 0 fully saturated rings. The molecule has 2 heterocycles. The highest BCUT2D eigenvalue weighted by atomic mass is 16.5. The van der Waals surface area contributed by atoms with Gasteiger partial charge in [-0.15, -0.1) is 0 Å². The Morgan fingerprint density at radius 2 is 1.90 bits per heavy atom. The highest BCUT2D eigenvalue weighted by Crippen LogP contribution is 2.36. The van der Waals surface area contributed by atoms with Crippen molar-refractivity contribution < 1.29 is 18.7 Å². The summed E-state index contributed by atoms with van der Waals surface area (Å²) in [7, 11) is 1.54. The number of carbonyl (C=O) groups is 1. The number of carbonyl (C=O) groups excluding carboxylic acids is 1. The molecule has 1 unspecified atom stereocenters. The predicted molar refractivity (Wildman–Crippen MR) is 110 cm³/mol. The second-order valence-electron chi connectivity index (χ2n) is 7.02. The van der Waals surface area contributed by atoms with Gasteiger partial charge in [-0.3, -0.25) is 9.59 Å². The topological polar surface area (TPSA) is 77.8 Å². The molecule has 2 aromatic carbocycles. The second-order valence-corrected chi connectivity index (χ2v) is 7.02. The number of hydrogen-bond donors (Lipinski definition) is 1. The van der Waals surface area contributed by atoms with E-state index in [4.69, 9.17) is 13.9 Å². The van der Waals surface area contributed by atoms with Gasteiger partial charge in [0.25, 0.3) is 5.91 Å². The molecule has 6 nitrogen and oxygen atoms in total. The van der Waals surface area contributed by atoms with E-state index >= 15 is 0 Å². The first-order valence-electron chi connectivity index (χ1n) is 9.25.